The molecule has 0 bridgehead atoms. The lowest BCUT2D eigenvalue weighted by molar-refractivity contribution is -0.137. The number of nitrogens with zero attached hydrogens (tertiary/aromatic N) is 6. The van der Waals surface area contributed by atoms with Crippen LogP contribution in [0.15, 0.2) is 97.1 Å². The lowest BCUT2D eigenvalue weighted by Gasteiger charge is -2.19. The van der Waals surface area contributed by atoms with Crippen molar-refractivity contribution in [3.05, 3.63) is 108 Å². The van der Waals surface area contributed by atoms with Gasteiger partial charge in [0.2, 0.25) is 0 Å². The molecule has 9 heteroatoms. The second-order valence-corrected chi connectivity index (χ2v) is 9.37. The van der Waals surface area contributed by atoms with Gasteiger partial charge >= 0.3 is 6.18 Å². The Labute approximate surface area is 221 Å². The molecular weight excluding hydrogens is 501 g/mol. The van der Waals surface area contributed by atoms with Crippen molar-refractivity contribution in [2.75, 3.05) is 0 Å². The van der Waals surface area contributed by atoms with E-state index in [1.54, 1.807) is 4.68 Å². The number of aryl methyl sites for hydroxylation is 1. The molecule has 4 aromatic carbocycles. The van der Waals surface area contributed by atoms with E-state index in [9.17, 15) is 13.2 Å². The van der Waals surface area contributed by atoms with E-state index in [0.29, 0.717) is 22.8 Å². The summed E-state index contributed by atoms with van der Waals surface area (Å²) in [7, 11) is 0. The molecule has 0 aliphatic heterocycles. The molecule has 0 atom stereocenters. The van der Waals surface area contributed by atoms with Crippen molar-refractivity contribution < 1.29 is 13.2 Å². The van der Waals surface area contributed by atoms with Gasteiger partial charge in [-0.1, -0.05) is 76.7 Å². The average molecular weight is 521 g/mol. The molecule has 190 valence electrons. The van der Waals surface area contributed by atoms with Gasteiger partial charge < -0.3 is 0 Å². The summed E-state index contributed by atoms with van der Waals surface area (Å²) in [5, 5.41) is 18.2. The van der Waals surface area contributed by atoms with Crippen LogP contribution in [0.3, 0.4) is 0 Å². The second kappa shape index (κ2) is 8.49. The maximum Gasteiger partial charge on any atom is 0.416 e. The summed E-state index contributed by atoms with van der Waals surface area (Å²) in [6, 6.07) is 28.6. The van der Waals surface area contributed by atoms with Gasteiger partial charge in [-0.3, -0.25) is 0 Å². The number of halogens is 3. The lowest BCUT2D eigenvalue weighted by atomic mass is 9.89. The average Bonchev–Trinajstić information content (AvgIpc) is 3.57. The fourth-order valence-corrected chi connectivity index (χ4v) is 5.04. The standard InChI is InChI=1S/C30H19F3N6/c1-18-10-14-20(15-11-18)38-28-24-8-4-2-6-22(24)27-29(25-9-5-3-7-23(25)26(28)34-36-38)39(37-35-27)21-16-12-19(13-17-21)30(31,32)33/h2-17H,1H3. The van der Waals surface area contributed by atoms with Gasteiger partial charge in [-0.2, -0.15) is 13.2 Å². The van der Waals surface area contributed by atoms with E-state index in [2.05, 4.69) is 20.6 Å². The number of hydrogen-bond donors (Lipinski definition) is 0. The highest BCUT2D eigenvalue weighted by molar-refractivity contribution is 5.99. The van der Waals surface area contributed by atoms with Crippen LogP contribution in [0.2, 0.25) is 0 Å². The molecule has 0 saturated heterocycles. The Kier molecular flexibility index (Phi) is 5.03. The van der Waals surface area contributed by atoms with Crippen LogP contribution in [-0.2, 0) is 6.18 Å². The Morgan fingerprint density at radius 3 is 1.38 bits per heavy atom. The number of aromatic nitrogens is 6. The first-order valence-electron chi connectivity index (χ1n) is 12.3. The third kappa shape index (κ3) is 3.65. The number of fused-ring (bicyclic) bond motifs is 8. The lowest BCUT2D eigenvalue weighted by Crippen LogP contribution is -2.06. The smallest absolute Gasteiger partial charge is 0.212 e. The van der Waals surface area contributed by atoms with E-state index in [1.807, 2.05) is 84.4 Å². The molecule has 0 fully saturated rings. The molecule has 2 aromatic heterocycles. The molecule has 6 aromatic rings. The van der Waals surface area contributed by atoms with E-state index < -0.39 is 11.7 Å². The quantitative estimate of drug-likeness (QED) is 0.243. The van der Waals surface area contributed by atoms with Gasteiger partial charge in [-0.15, -0.1) is 10.2 Å². The molecular formula is C30H19F3N6. The monoisotopic (exact) mass is 520 g/mol. The van der Waals surface area contributed by atoms with Gasteiger partial charge in [0, 0.05) is 22.3 Å². The summed E-state index contributed by atoms with van der Waals surface area (Å²) >= 11 is 0. The normalized spacial score (nSPS) is 12.1. The molecule has 39 heavy (non-hydrogen) atoms. The number of benzene rings is 4. The van der Waals surface area contributed by atoms with Gasteiger partial charge in [-0.25, -0.2) is 9.36 Å². The third-order valence-corrected chi connectivity index (χ3v) is 6.93. The van der Waals surface area contributed by atoms with Gasteiger partial charge in [-0.05, 0) is 43.3 Å². The summed E-state index contributed by atoms with van der Waals surface area (Å²) < 4.78 is 43.1. The van der Waals surface area contributed by atoms with Crippen LogP contribution in [-0.4, -0.2) is 30.0 Å². The largest absolute Gasteiger partial charge is 0.416 e. The van der Waals surface area contributed by atoms with E-state index in [-0.39, 0.29) is 0 Å². The molecule has 2 heterocycles. The fourth-order valence-electron chi connectivity index (χ4n) is 5.04. The predicted octanol–water partition coefficient (Wildman–Crippen LogP) is 7.16. The van der Waals surface area contributed by atoms with Crippen molar-refractivity contribution in [1.29, 1.82) is 0 Å². The Morgan fingerprint density at radius 1 is 0.538 bits per heavy atom. The van der Waals surface area contributed by atoms with Crippen LogP contribution in [0.1, 0.15) is 11.1 Å². The summed E-state index contributed by atoms with van der Waals surface area (Å²) in [5.41, 5.74) is 7.82. The van der Waals surface area contributed by atoms with Crippen LogP contribution in [0.25, 0.3) is 56.4 Å². The Hall–Kier alpha value is -5.05. The molecule has 6 nitrogen and oxygen atoms in total. The van der Waals surface area contributed by atoms with E-state index in [4.69, 9.17) is 0 Å². The second-order valence-electron chi connectivity index (χ2n) is 9.37. The van der Waals surface area contributed by atoms with Crippen molar-refractivity contribution in [3.63, 3.8) is 0 Å². The number of hydrogen-bond acceptors (Lipinski definition) is 4. The zero-order valence-electron chi connectivity index (χ0n) is 20.6. The minimum absolute atomic E-state index is 0.466. The van der Waals surface area contributed by atoms with Crippen molar-refractivity contribution in [2.24, 2.45) is 0 Å². The molecule has 0 radical (unpaired) electrons. The first-order valence-corrected chi connectivity index (χ1v) is 12.3. The van der Waals surface area contributed by atoms with E-state index in [1.165, 1.54) is 12.1 Å². The zero-order valence-corrected chi connectivity index (χ0v) is 20.6. The highest BCUT2D eigenvalue weighted by atomic mass is 19.4. The van der Waals surface area contributed by atoms with Crippen molar-refractivity contribution in [2.45, 2.75) is 13.1 Å². The topological polar surface area (TPSA) is 61.4 Å². The first kappa shape index (κ1) is 23.1. The Balaban J connectivity index is 1.51. The molecule has 1 aliphatic carbocycles. The van der Waals surface area contributed by atoms with Crippen LogP contribution in [0.5, 0.6) is 0 Å². The van der Waals surface area contributed by atoms with Crippen LogP contribution < -0.4 is 0 Å². The first-order chi connectivity index (χ1) is 18.9. The summed E-state index contributed by atoms with van der Waals surface area (Å²) in [6.45, 7) is 2.03. The molecule has 0 unspecified atom stereocenters. The summed E-state index contributed by atoms with van der Waals surface area (Å²) in [6.07, 6.45) is -4.43. The molecule has 1 aliphatic rings. The fraction of sp³-hybridized carbons (Fsp3) is 0.0667. The molecule has 0 spiro atoms. The van der Waals surface area contributed by atoms with Crippen LogP contribution in [0.4, 0.5) is 13.2 Å². The molecule has 0 amide bonds. The van der Waals surface area contributed by atoms with E-state index in [0.717, 1.165) is 51.3 Å². The molecule has 0 N–H and O–H groups in total. The maximum absolute atomic E-state index is 13.2. The van der Waals surface area contributed by atoms with Gasteiger partial charge in [0.05, 0.1) is 16.9 Å². The van der Waals surface area contributed by atoms with Crippen LogP contribution >= 0.6 is 0 Å². The van der Waals surface area contributed by atoms with Gasteiger partial charge in [0.25, 0.3) is 0 Å². The van der Waals surface area contributed by atoms with Crippen molar-refractivity contribution >= 4 is 0 Å². The summed E-state index contributed by atoms with van der Waals surface area (Å²) in [4.78, 5) is 0. The van der Waals surface area contributed by atoms with Gasteiger partial charge in [0.15, 0.2) is 0 Å². The number of rotatable bonds is 2. The molecule has 7 rings (SSSR count). The Bertz CT molecular complexity index is 1840. The summed E-state index contributed by atoms with van der Waals surface area (Å²) in [5.74, 6) is 0. The minimum atomic E-state index is -4.43. The predicted molar refractivity (Wildman–Crippen MR) is 141 cm³/mol. The Morgan fingerprint density at radius 2 is 0.949 bits per heavy atom. The van der Waals surface area contributed by atoms with Crippen LogP contribution in [0, 0.1) is 6.92 Å². The molecule has 0 saturated carbocycles. The highest BCUT2D eigenvalue weighted by Gasteiger charge is 2.32. The minimum Gasteiger partial charge on any atom is -0.212 e. The van der Waals surface area contributed by atoms with Crippen molar-refractivity contribution in [1.82, 2.24) is 30.0 Å². The van der Waals surface area contributed by atoms with E-state index >= 15 is 0 Å². The SMILES string of the molecule is Cc1ccc(-n2nnc3c2-c2ccccc2-c2nnn(-c4ccc(C(F)(F)F)cc4)c2-c2ccccc2-3)cc1. The van der Waals surface area contributed by atoms with Crippen molar-refractivity contribution in [3.8, 4) is 56.4 Å². The third-order valence-electron chi connectivity index (χ3n) is 6.93. The zero-order chi connectivity index (χ0) is 26.7. The highest BCUT2D eigenvalue weighted by Crippen LogP contribution is 2.47. The maximum atomic E-state index is 13.2. The van der Waals surface area contributed by atoms with Gasteiger partial charge in [0.1, 0.15) is 22.8 Å². The number of alkyl halides is 3.